The van der Waals surface area contributed by atoms with Crippen LogP contribution in [0.5, 0.6) is 11.5 Å². The Morgan fingerprint density at radius 1 is 1.00 bits per heavy atom. The first kappa shape index (κ1) is 13.7. The normalized spacial score (nSPS) is 10.3. The van der Waals surface area contributed by atoms with Gasteiger partial charge in [0.05, 0.1) is 11.6 Å². The summed E-state index contributed by atoms with van der Waals surface area (Å²) in [6, 6.07) is 11.7. The van der Waals surface area contributed by atoms with E-state index in [9.17, 15) is 4.39 Å². The monoisotopic (exact) mass is 280 g/mol. The first-order chi connectivity index (χ1) is 9.20. The Hall–Kier alpha value is -1.74. The maximum absolute atomic E-state index is 13.5. The van der Waals surface area contributed by atoms with Gasteiger partial charge in [0.2, 0.25) is 0 Å². The van der Waals surface area contributed by atoms with E-state index in [0.29, 0.717) is 22.9 Å². The Morgan fingerprint density at radius 3 is 2.21 bits per heavy atom. The molecule has 4 heteroatoms. The predicted molar refractivity (Wildman–Crippen MR) is 73.4 cm³/mol. The van der Waals surface area contributed by atoms with E-state index in [-0.39, 0.29) is 12.4 Å². The zero-order chi connectivity index (χ0) is 13.7. The van der Waals surface area contributed by atoms with Crippen molar-refractivity contribution >= 4 is 11.6 Å². The van der Waals surface area contributed by atoms with E-state index in [2.05, 4.69) is 0 Å². The summed E-state index contributed by atoms with van der Waals surface area (Å²) >= 11 is 5.92. The average molecular weight is 281 g/mol. The summed E-state index contributed by atoms with van der Waals surface area (Å²) in [5.74, 6) is 1.06. The quantitative estimate of drug-likeness (QED) is 0.805. The van der Waals surface area contributed by atoms with Gasteiger partial charge in [-0.3, -0.25) is 0 Å². The largest absolute Gasteiger partial charge is 0.494 e. The second-order valence-electron chi connectivity index (χ2n) is 3.89. The van der Waals surface area contributed by atoms with Crippen LogP contribution in [0.3, 0.4) is 0 Å². The van der Waals surface area contributed by atoms with E-state index in [1.54, 1.807) is 24.3 Å². The van der Waals surface area contributed by atoms with Crippen LogP contribution in [0.15, 0.2) is 42.5 Å². The topological polar surface area (TPSA) is 18.5 Å². The van der Waals surface area contributed by atoms with Crippen molar-refractivity contribution in [2.45, 2.75) is 13.5 Å². The van der Waals surface area contributed by atoms with Gasteiger partial charge in [-0.25, -0.2) is 4.39 Å². The molecule has 0 N–H and O–H groups in total. The number of hydrogen-bond acceptors (Lipinski definition) is 2. The third kappa shape index (κ3) is 3.61. The molecule has 0 fully saturated rings. The summed E-state index contributed by atoms with van der Waals surface area (Å²) in [7, 11) is 0. The molecule has 0 amide bonds. The highest BCUT2D eigenvalue weighted by molar-refractivity contribution is 6.31. The molecule has 0 saturated heterocycles. The van der Waals surface area contributed by atoms with Crippen LogP contribution in [-0.4, -0.2) is 6.61 Å². The highest BCUT2D eigenvalue weighted by atomic mass is 35.5. The molecule has 0 spiro atoms. The Kier molecular flexibility index (Phi) is 4.63. The zero-order valence-corrected chi connectivity index (χ0v) is 11.3. The van der Waals surface area contributed by atoms with E-state index in [1.165, 1.54) is 6.07 Å². The van der Waals surface area contributed by atoms with Crippen molar-refractivity contribution in [2.75, 3.05) is 6.61 Å². The van der Waals surface area contributed by atoms with Gasteiger partial charge in [-0.1, -0.05) is 17.7 Å². The molecule has 2 rings (SSSR count). The molecule has 0 aliphatic heterocycles. The maximum Gasteiger partial charge on any atom is 0.131 e. The van der Waals surface area contributed by atoms with Crippen molar-refractivity contribution in [2.24, 2.45) is 0 Å². The lowest BCUT2D eigenvalue weighted by Gasteiger charge is -2.09. The molecule has 0 unspecified atom stereocenters. The zero-order valence-electron chi connectivity index (χ0n) is 10.5. The number of ether oxygens (including phenoxy) is 2. The molecule has 0 atom stereocenters. The van der Waals surface area contributed by atoms with Crippen LogP contribution >= 0.6 is 11.6 Å². The second kappa shape index (κ2) is 6.43. The molecular weight excluding hydrogens is 267 g/mol. The van der Waals surface area contributed by atoms with Crippen molar-refractivity contribution in [1.29, 1.82) is 0 Å². The summed E-state index contributed by atoms with van der Waals surface area (Å²) in [6.07, 6.45) is 0. The first-order valence-electron chi connectivity index (χ1n) is 5.99. The summed E-state index contributed by atoms with van der Waals surface area (Å²) in [5, 5.41) is 0.367. The Bertz CT molecular complexity index is 520. The molecule has 0 aliphatic rings. The molecule has 100 valence electrons. The highest BCUT2D eigenvalue weighted by Gasteiger charge is 2.07. The Morgan fingerprint density at radius 2 is 1.63 bits per heavy atom. The van der Waals surface area contributed by atoms with Gasteiger partial charge in [0.1, 0.15) is 23.9 Å². The van der Waals surface area contributed by atoms with Gasteiger partial charge in [0.15, 0.2) is 0 Å². The molecule has 2 aromatic carbocycles. The fourth-order valence-electron chi connectivity index (χ4n) is 1.62. The fraction of sp³-hybridized carbons (Fsp3) is 0.200. The Labute approximate surface area is 116 Å². The van der Waals surface area contributed by atoms with Crippen LogP contribution in [0, 0.1) is 5.82 Å². The van der Waals surface area contributed by atoms with Crippen molar-refractivity contribution < 1.29 is 13.9 Å². The second-order valence-corrected chi connectivity index (χ2v) is 4.30. The van der Waals surface area contributed by atoms with Gasteiger partial charge in [0.25, 0.3) is 0 Å². The molecule has 0 heterocycles. The van der Waals surface area contributed by atoms with Crippen LogP contribution in [-0.2, 0) is 6.61 Å². The van der Waals surface area contributed by atoms with Gasteiger partial charge in [-0.15, -0.1) is 0 Å². The van der Waals surface area contributed by atoms with E-state index in [4.69, 9.17) is 21.1 Å². The average Bonchev–Trinajstić information content (AvgIpc) is 2.40. The van der Waals surface area contributed by atoms with Gasteiger partial charge in [0, 0.05) is 5.56 Å². The van der Waals surface area contributed by atoms with Crippen LogP contribution in [0.25, 0.3) is 0 Å². The molecule has 2 nitrogen and oxygen atoms in total. The molecule has 0 aromatic heterocycles. The van der Waals surface area contributed by atoms with Gasteiger partial charge in [-0.05, 0) is 43.3 Å². The van der Waals surface area contributed by atoms with E-state index < -0.39 is 0 Å². The van der Waals surface area contributed by atoms with Crippen LogP contribution < -0.4 is 9.47 Å². The third-order valence-electron chi connectivity index (χ3n) is 2.58. The number of rotatable bonds is 5. The molecule has 2 aromatic rings. The van der Waals surface area contributed by atoms with Crippen molar-refractivity contribution in [3.8, 4) is 11.5 Å². The lowest BCUT2D eigenvalue weighted by atomic mass is 10.2. The van der Waals surface area contributed by atoms with Gasteiger partial charge < -0.3 is 9.47 Å². The lowest BCUT2D eigenvalue weighted by molar-refractivity contribution is 0.298. The molecule has 0 bridgehead atoms. The summed E-state index contributed by atoms with van der Waals surface area (Å²) in [5.41, 5.74) is 0.359. The summed E-state index contributed by atoms with van der Waals surface area (Å²) in [6.45, 7) is 2.63. The molecular formula is C15H14ClFO2. The molecule has 0 aliphatic carbocycles. The lowest BCUT2D eigenvalue weighted by Crippen LogP contribution is -1.99. The first-order valence-corrected chi connectivity index (χ1v) is 6.37. The van der Waals surface area contributed by atoms with E-state index >= 15 is 0 Å². The number of halogens is 2. The van der Waals surface area contributed by atoms with Gasteiger partial charge >= 0.3 is 0 Å². The van der Waals surface area contributed by atoms with E-state index in [1.807, 2.05) is 19.1 Å². The SMILES string of the molecule is CCOc1ccc(OCc2c(F)cccc2Cl)cc1. The molecule has 19 heavy (non-hydrogen) atoms. The van der Waals surface area contributed by atoms with E-state index in [0.717, 1.165) is 5.75 Å². The number of hydrogen-bond donors (Lipinski definition) is 0. The van der Waals surface area contributed by atoms with Crippen LogP contribution in [0.2, 0.25) is 5.02 Å². The fourth-order valence-corrected chi connectivity index (χ4v) is 1.84. The maximum atomic E-state index is 13.5. The Balaban J connectivity index is 2.02. The molecule has 0 radical (unpaired) electrons. The van der Waals surface area contributed by atoms with Crippen molar-refractivity contribution in [1.82, 2.24) is 0 Å². The summed E-state index contributed by atoms with van der Waals surface area (Å²) in [4.78, 5) is 0. The molecule has 0 saturated carbocycles. The number of benzene rings is 2. The van der Waals surface area contributed by atoms with Crippen molar-refractivity contribution in [3.05, 3.63) is 58.9 Å². The van der Waals surface area contributed by atoms with Crippen molar-refractivity contribution in [3.63, 3.8) is 0 Å². The minimum Gasteiger partial charge on any atom is -0.494 e. The third-order valence-corrected chi connectivity index (χ3v) is 2.93. The summed E-state index contributed by atoms with van der Waals surface area (Å²) < 4.78 is 24.4. The highest BCUT2D eigenvalue weighted by Crippen LogP contribution is 2.22. The van der Waals surface area contributed by atoms with Crippen LogP contribution in [0.4, 0.5) is 4.39 Å². The van der Waals surface area contributed by atoms with Gasteiger partial charge in [-0.2, -0.15) is 0 Å². The standard InChI is InChI=1S/C15H14ClFO2/c1-2-18-11-6-8-12(9-7-11)19-10-13-14(16)4-3-5-15(13)17/h3-9H,2,10H2,1H3. The minimum atomic E-state index is -0.363. The predicted octanol–water partition coefficient (Wildman–Crippen LogP) is 4.46. The van der Waals surface area contributed by atoms with Crippen LogP contribution in [0.1, 0.15) is 12.5 Å². The minimum absolute atomic E-state index is 0.0967. The smallest absolute Gasteiger partial charge is 0.131 e.